The molecule has 1 atom stereocenters. The van der Waals surface area contributed by atoms with E-state index in [1.807, 2.05) is 31.2 Å². The Hall–Kier alpha value is -1.38. The van der Waals surface area contributed by atoms with Crippen molar-refractivity contribution in [1.82, 2.24) is 5.32 Å². The molecule has 0 spiro atoms. The van der Waals surface area contributed by atoms with Crippen molar-refractivity contribution in [1.29, 1.82) is 0 Å². The van der Waals surface area contributed by atoms with Crippen LogP contribution in [0.5, 0.6) is 0 Å². The fourth-order valence-corrected chi connectivity index (χ4v) is 1.93. The summed E-state index contributed by atoms with van der Waals surface area (Å²) in [7, 11) is 0. The van der Waals surface area contributed by atoms with E-state index in [2.05, 4.69) is 23.5 Å². The summed E-state index contributed by atoms with van der Waals surface area (Å²) < 4.78 is 0. The molecule has 0 aliphatic heterocycles. The van der Waals surface area contributed by atoms with Gasteiger partial charge in [0.15, 0.2) is 0 Å². The molecular weight excluding hydrogens is 198 g/mol. The van der Waals surface area contributed by atoms with Gasteiger partial charge in [0.05, 0.1) is 6.10 Å². The first kappa shape index (κ1) is 11.1. The molecule has 0 amide bonds. The van der Waals surface area contributed by atoms with Crippen LogP contribution in [0.15, 0.2) is 42.5 Å². The summed E-state index contributed by atoms with van der Waals surface area (Å²) in [6.07, 6.45) is -0.439. The molecule has 2 rings (SSSR count). The number of aliphatic hydroxyl groups excluding tert-OH is 1. The van der Waals surface area contributed by atoms with Gasteiger partial charge in [-0.3, -0.25) is 0 Å². The summed E-state index contributed by atoms with van der Waals surface area (Å²) in [5.74, 6) is 0. The van der Waals surface area contributed by atoms with Crippen molar-refractivity contribution in [2.45, 2.75) is 13.0 Å². The highest BCUT2D eigenvalue weighted by Gasteiger charge is 2.09. The van der Waals surface area contributed by atoms with Crippen LogP contribution in [0.4, 0.5) is 0 Å². The Bertz CT molecular complexity index is 462. The number of hydrogen-bond acceptors (Lipinski definition) is 2. The van der Waals surface area contributed by atoms with Gasteiger partial charge in [0.2, 0.25) is 0 Å². The molecule has 0 fully saturated rings. The minimum Gasteiger partial charge on any atom is -0.387 e. The molecule has 0 aromatic heterocycles. The molecule has 2 N–H and O–H groups in total. The molecule has 1 unspecified atom stereocenters. The van der Waals surface area contributed by atoms with Crippen LogP contribution in [0.25, 0.3) is 10.8 Å². The summed E-state index contributed by atoms with van der Waals surface area (Å²) in [5, 5.41) is 15.6. The van der Waals surface area contributed by atoms with E-state index in [0.717, 1.165) is 17.5 Å². The van der Waals surface area contributed by atoms with Crippen LogP contribution < -0.4 is 5.32 Å². The maximum absolute atomic E-state index is 10.1. The molecule has 2 aromatic rings. The van der Waals surface area contributed by atoms with E-state index >= 15 is 0 Å². The lowest BCUT2D eigenvalue weighted by Crippen LogP contribution is -2.20. The number of nitrogens with one attached hydrogen (secondary N) is 1. The lowest BCUT2D eigenvalue weighted by Gasteiger charge is -2.13. The number of aliphatic hydroxyl groups is 1. The van der Waals surface area contributed by atoms with Crippen molar-refractivity contribution in [2.24, 2.45) is 0 Å². The zero-order valence-corrected chi connectivity index (χ0v) is 9.48. The molecule has 0 saturated heterocycles. The molecule has 16 heavy (non-hydrogen) atoms. The quantitative estimate of drug-likeness (QED) is 0.821. The SMILES string of the molecule is CCNCC(O)c1cccc2ccccc12. The van der Waals surface area contributed by atoms with Crippen LogP contribution in [-0.4, -0.2) is 18.2 Å². The van der Waals surface area contributed by atoms with Crippen LogP contribution in [0, 0.1) is 0 Å². The van der Waals surface area contributed by atoms with Gasteiger partial charge >= 0.3 is 0 Å². The summed E-state index contributed by atoms with van der Waals surface area (Å²) >= 11 is 0. The topological polar surface area (TPSA) is 32.3 Å². The predicted octanol–water partition coefficient (Wildman–Crippen LogP) is 2.48. The maximum atomic E-state index is 10.1. The highest BCUT2D eigenvalue weighted by atomic mass is 16.3. The number of benzene rings is 2. The average Bonchev–Trinajstić information content (AvgIpc) is 2.35. The van der Waals surface area contributed by atoms with E-state index in [-0.39, 0.29) is 0 Å². The predicted molar refractivity (Wildman–Crippen MR) is 67.5 cm³/mol. The van der Waals surface area contributed by atoms with E-state index in [1.165, 1.54) is 5.39 Å². The molecule has 2 aromatic carbocycles. The third-order valence-electron chi connectivity index (χ3n) is 2.77. The van der Waals surface area contributed by atoms with Crippen LogP contribution in [0.2, 0.25) is 0 Å². The Kier molecular flexibility index (Phi) is 3.54. The van der Waals surface area contributed by atoms with Crippen LogP contribution >= 0.6 is 0 Å². The molecule has 0 aliphatic carbocycles. The van der Waals surface area contributed by atoms with E-state index in [9.17, 15) is 5.11 Å². The minimum absolute atomic E-state index is 0.439. The minimum atomic E-state index is -0.439. The lowest BCUT2D eigenvalue weighted by molar-refractivity contribution is 0.177. The molecule has 0 aliphatic rings. The first-order valence-electron chi connectivity index (χ1n) is 5.69. The second-order valence-electron chi connectivity index (χ2n) is 3.89. The van der Waals surface area contributed by atoms with Gasteiger partial charge in [-0.15, -0.1) is 0 Å². The van der Waals surface area contributed by atoms with Crippen LogP contribution in [-0.2, 0) is 0 Å². The summed E-state index contributed by atoms with van der Waals surface area (Å²) in [6, 6.07) is 14.2. The number of rotatable bonds is 4. The van der Waals surface area contributed by atoms with Gasteiger partial charge in [-0.25, -0.2) is 0 Å². The van der Waals surface area contributed by atoms with E-state index in [0.29, 0.717) is 6.54 Å². The van der Waals surface area contributed by atoms with E-state index < -0.39 is 6.10 Å². The van der Waals surface area contributed by atoms with Gasteiger partial charge < -0.3 is 10.4 Å². The Morgan fingerprint density at radius 3 is 2.69 bits per heavy atom. The van der Waals surface area contributed by atoms with Crippen molar-refractivity contribution in [2.75, 3.05) is 13.1 Å². The molecule has 0 radical (unpaired) electrons. The molecule has 0 saturated carbocycles. The van der Waals surface area contributed by atoms with Gasteiger partial charge in [-0.2, -0.15) is 0 Å². The molecular formula is C14H17NO. The Balaban J connectivity index is 2.36. The van der Waals surface area contributed by atoms with E-state index in [4.69, 9.17) is 0 Å². The van der Waals surface area contributed by atoms with E-state index in [1.54, 1.807) is 0 Å². The smallest absolute Gasteiger partial charge is 0.0920 e. The maximum Gasteiger partial charge on any atom is 0.0920 e. The standard InChI is InChI=1S/C14H17NO/c1-2-15-10-14(16)13-9-5-7-11-6-3-4-8-12(11)13/h3-9,14-16H,2,10H2,1H3. The molecule has 84 valence electrons. The third-order valence-corrected chi connectivity index (χ3v) is 2.77. The normalized spacial score (nSPS) is 12.9. The highest BCUT2D eigenvalue weighted by molar-refractivity contribution is 5.85. The fourth-order valence-electron chi connectivity index (χ4n) is 1.93. The lowest BCUT2D eigenvalue weighted by atomic mass is 10.0. The van der Waals surface area contributed by atoms with Gasteiger partial charge in [0.1, 0.15) is 0 Å². The average molecular weight is 215 g/mol. The van der Waals surface area contributed by atoms with Gasteiger partial charge in [-0.05, 0) is 22.9 Å². The molecule has 2 heteroatoms. The van der Waals surface area contributed by atoms with Crippen LogP contribution in [0.3, 0.4) is 0 Å². The number of likely N-dealkylation sites (N-methyl/N-ethyl adjacent to an activating group) is 1. The second kappa shape index (κ2) is 5.10. The van der Waals surface area contributed by atoms with Gasteiger partial charge in [0.25, 0.3) is 0 Å². The van der Waals surface area contributed by atoms with Crippen molar-refractivity contribution in [3.8, 4) is 0 Å². The fraction of sp³-hybridized carbons (Fsp3) is 0.286. The Labute approximate surface area is 95.9 Å². The molecule has 0 heterocycles. The van der Waals surface area contributed by atoms with Crippen molar-refractivity contribution in [3.05, 3.63) is 48.0 Å². The van der Waals surface area contributed by atoms with Gasteiger partial charge in [-0.1, -0.05) is 49.4 Å². The molecule has 2 nitrogen and oxygen atoms in total. The second-order valence-corrected chi connectivity index (χ2v) is 3.89. The third kappa shape index (κ3) is 2.23. The Morgan fingerprint density at radius 2 is 1.88 bits per heavy atom. The number of fused-ring (bicyclic) bond motifs is 1. The zero-order chi connectivity index (χ0) is 11.4. The van der Waals surface area contributed by atoms with Crippen molar-refractivity contribution >= 4 is 10.8 Å². The Morgan fingerprint density at radius 1 is 1.12 bits per heavy atom. The highest BCUT2D eigenvalue weighted by Crippen LogP contribution is 2.23. The first-order valence-corrected chi connectivity index (χ1v) is 5.69. The van der Waals surface area contributed by atoms with Crippen LogP contribution in [0.1, 0.15) is 18.6 Å². The summed E-state index contributed by atoms with van der Waals surface area (Å²) in [5.41, 5.74) is 0.999. The molecule has 0 bridgehead atoms. The monoisotopic (exact) mass is 215 g/mol. The summed E-state index contributed by atoms with van der Waals surface area (Å²) in [6.45, 7) is 3.52. The number of hydrogen-bond donors (Lipinski definition) is 2. The summed E-state index contributed by atoms with van der Waals surface area (Å²) in [4.78, 5) is 0. The van der Waals surface area contributed by atoms with Crippen molar-refractivity contribution in [3.63, 3.8) is 0 Å². The first-order chi connectivity index (χ1) is 7.83. The van der Waals surface area contributed by atoms with Crippen molar-refractivity contribution < 1.29 is 5.11 Å². The largest absolute Gasteiger partial charge is 0.387 e. The van der Waals surface area contributed by atoms with Gasteiger partial charge in [0, 0.05) is 6.54 Å². The zero-order valence-electron chi connectivity index (χ0n) is 9.48.